The van der Waals surface area contributed by atoms with Crippen LogP contribution in [0.1, 0.15) is 15.9 Å². The molecule has 0 bridgehead atoms. The Balaban J connectivity index is 1.62. The van der Waals surface area contributed by atoms with E-state index in [9.17, 15) is 4.79 Å². The van der Waals surface area contributed by atoms with Crippen LogP contribution in [0.4, 0.5) is 5.13 Å². The summed E-state index contributed by atoms with van der Waals surface area (Å²) in [7, 11) is 1.61. The Morgan fingerprint density at radius 2 is 1.71 bits per heavy atom. The fourth-order valence-electron chi connectivity index (χ4n) is 3.20. The van der Waals surface area contributed by atoms with Gasteiger partial charge in [0.1, 0.15) is 5.75 Å². The van der Waals surface area contributed by atoms with Crippen molar-refractivity contribution in [2.75, 3.05) is 18.6 Å². The fourth-order valence-corrected chi connectivity index (χ4v) is 4.18. The molecule has 0 aliphatic rings. The van der Waals surface area contributed by atoms with Crippen molar-refractivity contribution in [3.8, 4) is 17.0 Å². The molecule has 0 saturated carbocycles. The molecule has 0 N–H and O–H groups in total. The monoisotopic (exact) mass is 448 g/mol. The summed E-state index contributed by atoms with van der Waals surface area (Å²) in [4.78, 5) is 19.9. The van der Waals surface area contributed by atoms with Crippen molar-refractivity contribution >= 4 is 34.0 Å². The molecule has 4 rings (SSSR count). The molecule has 0 unspecified atom stereocenters. The lowest BCUT2D eigenvalue weighted by atomic mass is 10.1. The van der Waals surface area contributed by atoms with E-state index in [1.54, 1.807) is 36.3 Å². The van der Waals surface area contributed by atoms with Crippen LogP contribution in [0.2, 0.25) is 5.02 Å². The number of thiazole rings is 1. The highest BCUT2D eigenvalue weighted by Gasteiger charge is 2.21. The van der Waals surface area contributed by atoms with E-state index in [-0.39, 0.29) is 5.91 Å². The number of halogens is 1. The highest BCUT2D eigenvalue weighted by molar-refractivity contribution is 7.14. The lowest BCUT2D eigenvalue weighted by Crippen LogP contribution is -2.32. The van der Waals surface area contributed by atoms with Gasteiger partial charge in [0.15, 0.2) is 5.13 Å². The highest BCUT2D eigenvalue weighted by atomic mass is 35.5. The Kier molecular flexibility index (Phi) is 6.65. The summed E-state index contributed by atoms with van der Waals surface area (Å²) in [6, 6.07) is 24.8. The van der Waals surface area contributed by atoms with Crippen molar-refractivity contribution in [3.63, 3.8) is 0 Å². The van der Waals surface area contributed by atoms with Crippen LogP contribution in [-0.2, 0) is 6.42 Å². The largest absolute Gasteiger partial charge is 0.497 e. The Morgan fingerprint density at radius 1 is 1.00 bits per heavy atom. The lowest BCUT2D eigenvalue weighted by molar-refractivity contribution is 0.0987. The van der Waals surface area contributed by atoms with E-state index in [0.29, 0.717) is 28.0 Å². The molecule has 0 atom stereocenters. The minimum Gasteiger partial charge on any atom is -0.497 e. The second-order valence-electron chi connectivity index (χ2n) is 6.94. The first-order chi connectivity index (χ1) is 15.1. The van der Waals surface area contributed by atoms with Crippen LogP contribution in [0.15, 0.2) is 84.2 Å². The quantitative estimate of drug-likeness (QED) is 0.330. The van der Waals surface area contributed by atoms with Crippen molar-refractivity contribution in [1.29, 1.82) is 0 Å². The van der Waals surface area contributed by atoms with Crippen LogP contribution in [0.5, 0.6) is 5.75 Å². The van der Waals surface area contributed by atoms with Gasteiger partial charge in [-0.05, 0) is 48.4 Å². The van der Waals surface area contributed by atoms with Crippen LogP contribution >= 0.6 is 22.9 Å². The Bertz CT molecular complexity index is 1140. The van der Waals surface area contributed by atoms with E-state index >= 15 is 0 Å². The molecular formula is C25H21ClN2O2S. The number of nitrogens with zero attached hydrogens (tertiary/aromatic N) is 2. The van der Waals surface area contributed by atoms with Crippen LogP contribution in [0.25, 0.3) is 11.3 Å². The van der Waals surface area contributed by atoms with Crippen LogP contribution in [0, 0.1) is 0 Å². The van der Waals surface area contributed by atoms with Crippen molar-refractivity contribution in [1.82, 2.24) is 4.98 Å². The van der Waals surface area contributed by atoms with Gasteiger partial charge < -0.3 is 4.74 Å². The fraction of sp³-hybridized carbons (Fsp3) is 0.120. The lowest BCUT2D eigenvalue weighted by Gasteiger charge is -2.20. The number of carbonyl (C=O) groups is 1. The third kappa shape index (κ3) is 5.13. The molecule has 6 heteroatoms. The van der Waals surface area contributed by atoms with Gasteiger partial charge in [-0.25, -0.2) is 4.98 Å². The van der Waals surface area contributed by atoms with E-state index in [4.69, 9.17) is 21.3 Å². The van der Waals surface area contributed by atoms with E-state index in [1.807, 2.05) is 47.8 Å². The molecule has 1 amide bonds. The molecule has 156 valence electrons. The molecule has 0 spiro atoms. The number of aromatic nitrogens is 1. The number of rotatable bonds is 7. The molecular weight excluding hydrogens is 428 g/mol. The molecule has 0 fully saturated rings. The van der Waals surface area contributed by atoms with Crippen molar-refractivity contribution < 1.29 is 9.53 Å². The first kappa shape index (κ1) is 21.1. The zero-order chi connectivity index (χ0) is 21.6. The first-order valence-corrected chi connectivity index (χ1v) is 11.1. The van der Waals surface area contributed by atoms with E-state index in [2.05, 4.69) is 12.1 Å². The molecule has 1 aromatic heterocycles. The maximum atomic E-state index is 13.4. The zero-order valence-electron chi connectivity index (χ0n) is 17.0. The number of anilines is 1. The third-order valence-electron chi connectivity index (χ3n) is 4.91. The number of hydrogen-bond donors (Lipinski definition) is 0. The molecule has 3 aromatic carbocycles. The SMILES string of the molecule is COc1ccc(C(=O)N(CCc2ccccc2)c2nc(-c3ccc(Cl)cc3)cs2)cc1. The van der Waals surface area contributed by atoms with Crippen molar-refractivity contribution in [3.05, 3.63) is 100 Å². The Morgan fingerprint density at radius 3 is 2.39 bits per heavy atom. The van der Waals surface area contributed by atoms with E-state index in [1.165, 1.54) is 16.9 Å². The van der Waals surface area contributed by atoms with Gasteiger partial charge in [-0.2, -0.15) is 0 Å². The van der Waals surface area contributed by atoms with Gasteiger partial charge in [0.25, 0.3) is 5.91 Å². The molecule has 0 aliphatic heterocycles. The average molecular weight is 449 g/mol. The second kappa shape index (κ2) is 9.77. The van der Waals surface area contributed by atoms with Crippen LogP contribution in [0.3, 0.4) is 0 Å². The molecule has 1 heterocycles. The topological polar surface area (TPSA) is 42.4 Å². The van der Waals surface area contributed by atoms with Gasteiger partial charge in [-0.3, -0.25) is 9.69 Å². The maximum Gasteiger partial charge on any atom is 0.260 e. The average Bonchev–Trinajstić information content (AvgIpc) is 3.30. The van der Waals surface area contributed by atoms with Gasteiger partial charge >= 0.3 is 0 Å². The van der Waals surface area contributed by atoms with E-state index in [0.717, 1.165) is 17.7 Å². The third-order valence-corrected chi connectivity index (χ3v) is 6.03. The van der Waals surface area contributed by atoms with Crippen LogP contribution < -0.4 is 9.64 Å². The first-order valence-electron chi connectivity index (χ1n) is 9.85. The van der Waals surface area contributed by atoms with Crippen LogP contribution in [-0.4, -0.2) is 24.5 Å². The van der Waals surface area contributed by atoms with E-state index < -0.39 is 0 Å². The highest BCUT2D eigenvalue weighted by Crippen LogP contribution is 2.29. The number of ether oxygens (including phenoxy) is 1. The molecule has 0 aliphatic carbocycles. The predicted molar refractivity (Wildman–Crippen MR) is 127 cm³/mol. The Hall–Kier alpha value is -3.15. The molecule has 0 radical (unpaired) electrons. The predicted octanol–water partition coefficient (Wildman–Crippen LogP) is 6.36. The summed E-state index contributed by atoms with van der Waals surface area (Å²) >= 11 is 7.46. The smallest absolute Gasteiger partial charge is 0.260 e. The second-order valence-corrected chi connectivity index (χ2v) is 8.22. The number of carbonyl (C=O) groups excluding carboxylic acids is 1. The van der Waals surface area contributed by atoms with Gasteiger partial charge in [0.2, 0.25) is 0 Å². The van der Waals surface area contributed by atoms with Gasteiger partial charge in [0.05, 0.1) is 12.8 Å². The summed E-state index contributed by atoms with van der Waals surface area (Å²) in [5, 5.41) is 3.31. The maximum absolute atomic E-state index is 13.4. The molecule has 31 heavy (non-hydrogen) atoms. The molecule has 0 saturated heterocycles. The summed E-state index contributed by atoms with van der Waals surface area (Å²) < 4.78 is 5.22. The molecule has 4 nitrogen and oxygen atoms in total. The summed E-state index contributed by atoms with van der Waals surface area (Å²) in [6.07, 6.45) is 0.735. The number of hydrogen-bond acceptors (Lipinski definition) is 4. The Labute approximate surface area is 190 Å². The minimum absolute atomic E-state index is 0.0874. The number of amides is 1. The van der Waals surface area contributed by atoms with Crippen molar-refractivity contribution in [2.45, 2.75) is 6.42 Å². The van der Waals surface area contributed by atoms with Crippen molar-refractivity contribution in [2.24, 2.45) is 0 Å². The summed E-state index contributed by atoms with van der Waals surface area (Å²) in [5.74, 6) is 0.627. The normalized spacial score (nSPS) is 10.6. The minimum atomic E-state index is -0.0874. The van der Waals surface area contributed by atoms with Gasteiger partial charge in [-0.15, -0.1) is 11.3 Å². The molecule has 4 aromatic rings. The van der Waals surface area contributed by atoms with Gasteiger partial charge in [-0.1, -0.05) is 54.1 Å². The summed E-state index contributed by atoms with van der Waals surface area (Å²) in [6.45, 7) is 0.530. The zero-order valence-corrected chi connectivity index (χ0v) is 18.6. The number of benzene rings is 3. The standard InChI is InChI=1S/C25H21ClN2O2S/c1-30-22-13-9-20(10-14-22)24(29)28(16-15-18-5-3-2-4-6-18)25-27-23(17-31-25)19-7-11-21(26)12-8-19/h2-14,17H,15-16H2,1H3. The van der Waals surface area contributed by atoms with Gasteiger partial charge in [0, 0.05) is 28.1 Å². The summed E-state index contributed by atoms with van der Waals surface area (Å²) in [5.41, 5.74) is 3.55. The number of methoxy groups -OCH3 is 1.